The average molecular weight is 244 g/mol. The van der Waals surface area contributed by atoms with Crippen LogP contribution in [0.25, 0.3) is 0 Å². The summed E-state index contributed by atoms with van der Waals surface area (Å²) in [5.41, 5.74) is 5.93. The smallest absolute Gasteiger partial charge is 0.0330 e. The Hall–Kier alpha value is -1.16. The van der Waals surface area contributed by atoms with Crippen molar-refractivity contribution in [1.29, 1.82) is 0 Å². The van der Waals surface area contributed by atoms with Gasteiger partial charge in [-0.1, -0.05) is 30.3 Å². The summed E-state index contributed by atoms with van der Waals surface area (Å²) in [6.45, 7) is 0. The molecule has 2 atom stereocenters. The SMILES string of the molecule is NNC(Cc1cccs1)C1Cc2ccccc21. The molecule has 1 aromatic carbocycles. The number of hydrazine groups is 1. The molecule has 0 radical (unpaired) electrons. The fourth-order valence-corrected chi connectivity index (χ4v) is 3.38. The maximum Gasteiger partial charge on any atom is 0.0330 e. The Balaban J connectivity index is 1.76. The van der Waals surface area contributed by atoms with E-state index in [0.717, 1.165) is 12.8 Å². The van der Waals surface area contributed by atoms with Crippen LogP contribution in [0.3, 0.4) is 0 Å². The number of rotatable bonds is 4. The quantitative estimate of drug-likeness (QED) is 0.640. The molecule has 0 bridgehead atoms. The minimum atomic E-state index is 0.351. The van der Waals surface area contributed by atoms with Crippen molar-refractivity contribution in [3.8, 4) is 0 Å². The van der Waals surface area contributed by atoms with Crippen molar-refractivity contribution in [1.82, 2.24) is 5.43 Å². The summed E-state index contributed by atoms with van der Waals surface area (Å²) < 4.78 is 0. The van der Waals surface area contributed by atoms with Crippen LogP contribution >= 0.6 is 11.3 Å². The number of fused-ring (bicyclic) bond motifs is 1. The molecular weight excluding hydrogens is 228 g/mol. The molecule has 2 aromatic rings. The molecule has 1 aromatic heterocycles. The Kier molecular flexibility index (Phi) is 2.97. The lowest BCUT2D eigenvalue weighted by Crippen LogP contribution is -2.45. The number of hydrogen-bond acceptors (Lipinski definition) is 3. The Morgan fingerprint density at radius 3 is 2.88 bits per heavy atom. The lowest BCUT2D eigenvalue weighted by atomic mass is 9.73. The minimum absolute atomic E-state index is 0.351. The van der Waals surface area contributed by atoms with Crippen molar-refractivity contribution in [3.63, 3.8) is 0 Å². The molecule has 2 nitrogen and oxygen atoms in total. The zero-order valence-electron chi connectivity index (χ0n) is 9.60. The Bertz CT molecular complexity index is 493. The largest absolute Gasteiger partial charge is 0.271 e. The molecule has 3 N–H and O–H groups in total. The molecular formula is C14H16N2S. The molecule has 1 aliphatic carbocycles. The van der Waals surface area contributed by atoms with Gasteiger partial charge in [-0.25, -0.2) is 0 Å². The third-order valence-electron chi connectivity index (χ3n) is 3.60. The second-order valence-corrected chi connectivity index (χ2v) is 5.60. The number of hydrogen-bond donors (Lipinski definition) is 2. The first-order valence-corrected chi connectivity index (χ1v) is 6.83. The van der Waals surface area contributed by atoms with Gasteiger partial charge in [0.15, 0.2) is 0 Å². The highest BCUT2D eigenvalue weighted by atomic mass is 32.1. The molecule has 1 aliphatic rings. The van der Waals surface area contributed by atoms with E-state index in [4.69, 9.17) is 5.84 Å². The van der Waals surface area contributed by atoms with Gasteiger partial charge in [-0.3, -0.25) is 11.3 Å². The van der Waals surface area contributed by atoms with Gasteiger partial charge < -0.3 is 0 Å². The summed E-state index contributed by atoms with van der Waals surface area (Å²) in [5.74, 6) is 6.28. The molecule has 0 saturated carbocycles. The van der Waals surface area contributed by atoms with Crippen molar-refractivity contribution in [2.75, 3.05) is 0 Å². The number of benzene rings is 1. The number of nitrogens with two attached hydrogens (primary N) is 1. The third-order valence-corrected chi connectivity index (χ3v) is 4.49. The van der Waals surface area contributed by atoms with E-state index in [9.17, 15) is 0 Å². The molecule has 0 aliphatic heterocycles. The maximum atomic E-state index is 5.71. The van der Waals surface area contributed by atoms with Crippen molar-refractivity contribution < 1.29 is 0 Å². The Morgan fingerprint density at radius 1 is 1.29 bits per heavy atom. The van der Waals surface area contributed by atoms with Crippen molar-refractivity contribution in [2.24, 2.45) is 5.84 Å². The van der Waals surface area contributed by atoms with E-state index >= 15 is 0 Å². The monoisotopic (exact) mass is 244 g/mol. The van der Waals surface area contributed by atoms with E-state index in [1.54, 1.807) is 11.3 Å². The number of nitrogens with one attached hydrogen (secondary N) is 1. The predicted molar refractivity (Wildman–Crippen MR) is 72.0 cm³/mol. The summed E-state index contributed by atoms with van der Waals surface area (Å²) >= 11 is 1.80. The van der Waals surface area contributed by atoms with Gasteiger partial charge in [-0.15, -0.1) is 11.3 Å². The van der Waals surface area contributed by atoms with Crippen LogP contribution in [-0.2, 0) is 12.8 Å². The third kappa shape index (κ3) is 2.02. The molecule has 88 valence electrons. The molecule has 0 fully saturated rings. The van der Waals surface area contributed by atoms with Gasteiger partial charge in [0.1, 0.15) is 0 Å². The fraction of sp³-hybridized carbons (Fsp3) is 0.286. The zero-order chi connectivity index (χ0) is 11.7. The second kappa shape index (κ2) is 4.61. The lowest BCUT2D eigenvalue weighted by molar-refractivity contribution is 0.406. The van der Waals surface area contributed by atoms with Gasteiger partial charge in [0.2, 0.25) is 0 Å². The van der Waals surface area contributed by atoms with Crippen LogP contribution in [0, 0.1) is 0 Å². The van der Waals surface area contributed by atoms with Crippen molar-refractivity contribution >= 4 is 11.3 Å². The van der Waals surface area contributed by atoms with Gasteiger partial charge in [-0.2, -0.15) is 0 Å². The van der Waals surface area contributed by atoms with Gasteiger partial charge in [0, 0.05) is 16.8 Å². The van der Waals surface area contributed by atoms with Gasteiger partial charge >= 0.3 is 0 Å². The minimum Gasteiger partial charge on any atom is -0.271 e. The van der Waals surface area contributed by atoms with Crippen LogP contribution in [0.2, 0.25) is 0 Å². The normalized spacial score (nSPS) is 19.5. The van der Waals surface area contributed by atoms with E-state index in [1.165, 1.54) is 16.0 Å². The van der Waals surface area contributed by atoms with Gasteiger partial charge in [-0.05, 0) is 35.4 Å². The predicted octanol–water partition coefficient (Wildman–Crippen LogP) is 2.46. The first-order valence-electron chi connectivity index (χ1n) is 5.95. The van der Waals surface area contributed by atoms with Crippen LogP contribution in [0.5, 0.6) is 0 Å². The van der Waals surface area contributed by atoms with Crippen LogP contribution in [0.1, 0.15) is 21.9 Å². The Morgan fingerprint density at radius 2 is 2.18 bits per heavy atom. The lowest BCUT2D eigenvalue weighted by Gasteiger charge is -2.36. The number of thiophene rings is 1. The van der Waals surface area contributed by atoms with Crippen molar-refractivity contribution in [3.05, 3.63) is 57.8 Å². The Labute approximate surface area is 105 Å². The molecule has 1 heterocycles. The van der Waals surface area contributed by atoms with Crippen LogP contribution in [0.15, 0.2) is 41.8 Å². The molecule has 0 saturated heterocycles. The van der Waals surface area contributed by atoms with Crippen LogP contribution < -0.4 is 11.3 Å². The molecule has 17 heavy (non-hydrogen) atoms. The summed E-state index contributed by atoms with van der Waals surface area (Å²) in [6, 6.07) is 13.3. The maximum absolute atomic E-state index is 5.71. The summed E-state index contributed by atoms with van der Waals surface area (Å²) in [4.78, 5) is 1.40. The molecule has 2 unspecified atom stereocenters. The van der Waals surface area contributed by atoms with Crippen LogP contribution in [-0.4, -0.2) is 6.04 Å². The van der Waals surface area contributed by atoms with Gasteiger partial charge in [0.25, 0.3) is 0 Å². The van der Waals surface area contributed by atoms with Gasteiger partial charge in [0.05, 0.1) is 0 Å². The summed E-state index contributed by atoms with van der Waals surface area (Å²) in [6.07, 6.45) is 2.17. The standard InChI is InChI=1S/C14H16N2S/c15-16-14(9-11-5-3-7-17-11)13-8-10-4-1-2-6-12(10)13/h1-7,13-14,16H,8-9,15H2. The highest BCUT2D eigenvalue weighted by molar-refractivity contribution is 7.09. The fourth-order valence-electron chi connectivity index (χ4n) is 2.62. The molecule has 3 heteroatoms. The van der Waals surface area contributed by atoms with E-state index in [2.05, 4.69) is 47.2 Å². The average Bonchev–Trinajstić information content (AvgIpc) is 2.82. The molecule has 0 spiro atoms. The topological polar surface area (TPSA) is 38.0 Å². The highest BCUT2D eigenvalue weighted by Crippen LogP contribution is 2.38. The summed E-state index contributed by atoms with van der Waals surface area (Å²) in [5, 5.41) is 2.12. The van der Waals surface area contributed by atoms with Crippen LogP contribution in [0.4, 0.5) is 0 Å². The first kappa shape index (κ1) is 11.0. The van der Waals surface area contributed by atoms with E-state index in [0.29, 0.717) is 12.0 Å². The highest BCUT2D eigenvalue weighted by Gasteiger charge is 2.32. The van der Waals surface area contributed by atoms with E-state index in [-0.39, 0.29) is 0 Å². The first-order chi connectivity index (χ1) is 8.38. The summed E-state index contributed by atoms with van der Waals surface area (Å²) in [7, 11) is 0. The van der Waals surface area contributed by atoms with E-state index in [1.807, 2.05) is 0 Å². The second-order valence-electron chi connectivity index (χ2n) is 4.57. The zero-order valence-corrected chi connectivity index (χ0v) is 10.4. The molecule has 3 rings (SSSR count). The molecule has 0 amide bonds. The van der Waals surface area contributed by atoms with E-state index < -0.39 is 0 Å². The van der Waals surface area contributed by atoms with Crippen molar-refractivity contribution in [2.45, 2.75) is 24.8 Å².